The molecule has 32 heavy (non-hydrogen) atoms. The number of sulfonamides is 1. The number of nitrogens with zero attached hydrogens (tertiary/aromatic N) is 1. The van der Waals surface area contributed by atoms with E-state index in [1.54, 1.807) is 5.38 Å². The smallest absolute Gasteiger partial charge is 0.387 e. The Morgan fingerprint density at radius 1 is 1.16 bits per heavy atom. The fraction of sp³-hybridized carbons (Fsp3) is 0.100. The number of methoxy groups -OCH3 is 1. The van der Waals surface area contributed by atoms with Gasteiger partial charge in [0.2, 0.25) is 5.91 Å². The lowest BCUT2D eigenvalue weighted by Gasteiger charge is -2.10. The molecule has 0 saturated carbocycles. The molecule has 0 atom stereocenters. The van der Waals surface area contributed by atoms with E-state index in [9.17, 15) is 22.0 Å². The topological polar surface area (TPSA) is 107 Å². The summed E-state index contributed by atoms with van der Waals surface area (Å²) in [6, 6.07) is 9.82. The van der Waals surface area contributed by atoms with Crippen LogP contribution in [-0.4, -0.2) is 33.0 Å². The van der Waals surface area contributed by atoms with Gasteiger partial charge >= 0.3 is 6.61 Å². The summed E-state index contributed by atoms with van der Waals surface area (Å²) in [5, 5.41) is 4.49. The second-order valence-corrected chi connectivity index (χ2v) is 8.66. The Morgan fingerprint density at radius 3 is 2.53 bits per heavy atom. The molecule has 0 fully saturated rings. The third-order valence-corrected chi connectivity index (χ3v) is 6.09. The van der Waals surface area contributed by atoms with Crippen molar-refractivity contribution in [1.82, 2.24) is 4.98 Å². The van der Waals surface area contributed by atoms with E-state index in [0.29, 0.717) is 11.3 Å². The summed E-state index contributed by atoms with van der Waals surface area (Å²) in [4.78, 5) is 16.0. The molecule has 0 radical (unpaired) electrons. The van der Waals surface area contributed by atoms with Crippen molar-refractivity contribution in [2.45, 2.75) is 11.5 Å². The van der Waals surface area contributed by atoms with Crippen LogP contribution < -0.4 is 19.5 Å². The number of aromatic nitrogens is 1. The van der Waals surface area contributed by atoms with Crippen LogP contribution in [0.2, 0.25) is 0 Å². The third-order valence-electron chi connectivity index (χ3n) is 3.92. The van der Waals surface area contributed by atoms with Gasteiger partial charge in [0.05, 0.1) is 12.0 Å². The van der Waals surface area contributed by atoms with Crippen molar-refractivity contribution in [3.63, 3.8) is 0 Å². The first-order chi connectivity index (χ1) is 15.3. The number of hydrogen-bond donors (Lipinski definition) is 2. The van der Waals surface area contributed by atoms with Gasteiger partial charge in [0.1, 0.15) is 0 Å². The number of halogens is 2. The Labute approximate surface area is 186 Å². The second-order valence-electron chi connectivity index (χ2n) is 6.08. The molecule has 1 amide bonds. The van der Waals surface area contributed by atoms with Crippen LogP contribution in [0.5, 0.6) is 11.5 Å². The monoisotopic (exact) mass is 481 g/mol. The zero-order valence-electron chi connectivity index (χ0n) is 16.5. The minimum Gasteiger partial charge on any atom is -0.493 e. The van der Waals surface area contributed by atoms with E-state index < -0.39 is 22.5 Å². The van der Waals surface area contributed by atoms with Gasteiger partial charge in [-0.05, 0) is 48.0 Å². The number of benzene rings is 2. The van der Waals surface area contributed by atoms with Crippen LogP contribution in [0.3, 0.4) is 0 Å². The van der Waals surface area contributed by atoms with Crippen molar-refractivity contribution in [2.75, 3.05) is 17.1 Å². The Kier molecular flexibility index (Phi) is 7.38. The van der Waals surface area contributed by atoms with Crippen molar-refractivity contribution in [3.05, 3.63) is 65.7 Å². The first-order valence-electron chi connectivity index (χ1n) is 8.91. The van der Waals surface area contributed by atoms with Crippen molar-refractivity contribution < 1.29 is 31.5 Å². The number of carbonyl (C=O) groups excluding carboxylic acids is 1. The quantitative estimate of drug-likeness (QED) is 0.444. The molecule has 1 aromatic heterocycles. The molecule has 8 nitrogen and oxygen atoms in total. The van der Waals surface area contributed by atoms with Crippen molar-refractivity contribution in [1.29, 1.82) is 0 Å². The van der Waals surface area contributed by atoms with Crippen molar-refractivity contribution >= 4 is 44.2 Å². The zero-order chi connectivity index (χ0) is 23.1. The first-order valence-corrected chi connectivity index (χ1v) is 11.3. The molecular formula is C20H17F2N3O5S2. The van der Waals surface area contributed by atoms with Gasteiger partial charge in [0.15, 0.2) is 16.6 Å². The average molecular weight is 482 g/mol. The molecule has 3 rings (SSSR count). The molecule has 0 aliphatic carbocycles. The van der Waals surface area contributed by atoms with Gasteiger partial charge in [-0.15, -0.1) is 11.3 Å². The number of hydrogen-bond acceptors (Lipinski definition) is 7. The van der Waals surface area contributed by atoms with Gasteiger partial charge in [-0.2, -0.15) is 8.78 Å². The van der Waals surface area contributed by atoms with E-state index in [1.165, 1.54) is 67.9 Å². The molecule has 0 aliphatic heterocycles. The number of alkyl halides is 2. The fourth-order valence-electron chi connectivity index (χ4n) is 2.50. The van der Waals surface area contributed by atoms with Gasteiger partial charge in [0.25, 0.3) is 10.0 Å². The minimum absolute atomic E-state index is 0.0134. The standard InChI is InChI=1S/C20H17F2N3O5S2/c1-29-17-12-13(2-8-16(17)30-19(21)22)3-9-18(26)24-14-4-6-15(7-5-14)32(27,28)25-20-23-10-11-31-20/h2-12,19H,1H3,(H,23,25)(H,24,26)/b9-3+. The van der Waals surface area contributed by atoms with E-state index in [2.05, 4.69) is 19.8 Å². The molecule has 0 bridgehead atoms. The Hall–Kier alpha value is -3.51. The molecule has 0 saturated heterocycles. The maximum absolute atomic E-state index is 12.4. The maximum Gasteiger partial charge on any atom is 0.387 e. The molecule has 168 valence electrons. The third kappa shape index (κ3) is 6.25. The molecular weight excluding hydrogens is 464 g/mol. The number of thiazole rings is 1. The lowest BCUT2D eigenvalue weighted by Crippen LogP contribution is -2.13. The SMILES string of the molecule is COc1cc(/C=C/C(=O)Nc2ccc(S(=O)(=O)Nc3nccs3)cc2)ccc1OC(F)F. The van der Waals surface area contributed by atoms with Crippen LogP contribution in [0.1, 0.15) is 5.56 Å². The molecule has 0 aliphatic rings. The van der Waals surface area contributed by atoms with Crippen LogP contribution in [-0.2, 0) is 14.8 Å². The average Bonchev–Trinajstić information content (AvgIpc) is 3.25. The predicted molar refractivity (Wildman–Crippen MR) is 117 cm³/mol. The summed E-state index contributed by atoms with van der Waals surface area (Å²) in [6.07, 6.45) is 4.17. The predicted octanol–water partition coefficient (Wildman–Crippen LogP) is 4.21. The number of anilines is 2. The second kappa shape index (κ2) is 10.2. The van der Waals surface area contributed by atoms with E-state index in [1.807, 2.05) is 0 Å². The summed E-state index contributed by atoms with van der Waals surface area (Å²) >= 11 is 1.15. The molecule has 2 N–H and O–H groups in total. The summed E-state index contributed by atoms with van der Waals surface area (Å²) in [6.45, 7) is -2.99. The van der Waals surface area contributed by atoms with Crippen LogP contribution in [0, 0.1) is 0 Å². The summed E-state index contributed by atoms with van der Waals surface area (Å²) in [5.41, 5.74) is 0.902. The van der Waals surface area contributed by atoms with E-state index in [-0.39, 0.29) is 21.5 Å². The van der Waals surface area contributed by atoms with Crippen LogP contribution >= 0.6 is 11.3 Å². The molecule has 2 aromatic carbocycles. The number of amides is 1. The van der Waals surface area contributed by atoms with Crippen molar-refractivity contribution in [3.8, 4) is 11.5 Å². The highest BCUT2D eigenvalue weighted by atomic mass is 32.2. The summed E-state index contributed by atoms with van der Waals surface area (Å²) in [5.74, 6) is -0.507. The van der Waals surface area contributed by atoms with Crippen LogP contribution in [0.25, 0.3) is 6.08 Å². The highest BCUT2D eigenvalue weighted by Gasteiger charge is 2.15. The Morgan fingerprint density at radius 2 is 1.91 bits per heavy atom. The van der Waals surface area contributed by atoms with Crippen LogP contribution in [0.15, 0.2) is 65.0 Å². The number of nitrogens with one attached hydrogen (secondary N) is 2. The number of ether oxygens (including phenoxy) is 2. The van der Waals surface area contributed by atoms with Gasteiger partial charge in [-0.3, -0.25) is 9.52 Å². The lowest BCUT2D eigenvalue weighted by molar-refractivity contribution is -0.111. The Bertz CT molecular complexity index is 1200. The number of rotatable bonds is 9. The van der Waals surface area contributed by atoms with E-state index in [4.69, 9.17) is 4.74 Å². The van der Waals surface area contributed by atoms with Gasteiger partial charge in [-0.1, -0.05) is 6.07 Å². The fourth-order valence-corrected chi connectivity index (χ4v) is 4.29. The minimum atomic E-state index is -3.79. The van der Waals surface area contributed by atoms with Gasteiger partial charge in [-0.25, -0.2) is 13.4 Å². The van der Waals surface area contributed by atoms with Gasteiger partial charge in [0, 0.05) is 23.3 Å². The lowest BCUT2D eigenvalue weighted by atomic mass is 10.2. The molecule has 3 aromatic rings. The largest absolute Gasteiger partial charge is 0.493 e. The highest BCUT2D eigenvalue weighted by Crippen LogP contribution is 2.30. The van der Waals surface area contributed by atoms with E-state index >= 15 is 0 Å². The maximum atomic E-state index is 12.4. The summed E-state index contributed by atoms with van der Waals surface area (Å²) < 4.78 is 61.1. The van der Waals surface area contributed by atoms with E-state index in [0.717, 1.165) is 11.3 Å². The zero-order valence-corrected chi connectivity index (χ0v) is 18.1. The summed E-state index contributed by atoms with van der Waals surface area (Å²) in [7, 11) is -2.48. The highest BCUT2D eigenvalue weighted by molar-refractivity contribution is 7.93. The molecule has 0 spiro atoms. The van der Waals surface area contributed by atoms with Gasteiger partial charge < -0.3 is 14.8 Å². The number of carbonyl (C=O) groups is 1. The first kappa shape index (κ1) is 23.2. The van der Waals surface area contributed by atoms with Crippen molar-refractivity contribution in [2.24, 2.45) is 0 Å². The molecule has 1 heterocycles. The Balaban J connectivity index is 1.63. The normalized spacial score (nSPS) is 11.5. The van der Waals surface area contributed by atoms with Crippen LogP contribution in [0.4, 0.5) is 19.6 Å². The molecule has 0 unspecified atom stereocenters. The molecule has 12 heteroatoms.